The van der Waals surface area contributed by atoms with E-state index in [0.29, 0.717) is 44.0 Å². The standard InChI is InChI=1S/C40H39ClN4O5/c41-39-36-40(43-27-42-39)45(28-44-36)35-21-33(47-23-30-15-7-2-8-16-30)37(48-24-31-17-9-3-10-18-31)38(49-25-32-19-11-4-12-20-32)34(50-35)26-46-22-29-13-5-1-6-14-29/h1-20,27-28,33-35,37-38H,21-26H2/t33-,34+,35+,37-,38+/m0/s1. The van der Waals surface area contributed by atoms with Crippen molar-refractivity contribution in [1.82, 2.24) is 19.5 Å². The maximum Gasteiger partial charge on any atom is 0.166 e. The Bertz CT molecular complexity index is 1900. The maximum absolute atomic E-state index is 7.02. The number of nitrogens with zero attached hydrogens (tertiary/aromatic N) is 4. The molecule has 2 aromatic heterocycles. The molecule has 7 rings (SSSR count). The van der Waals surface area contributed by atoms with Crippen LogP contribution in [-0.2, 0) is 50.1 Å². The van der Waals surface area contributed by atoms with Gasteiger partial charge in [0.2, 0.25) is 0 Å². The molecular formula is C40H39ClN4O5. The summed E-state index contributed by atoms with van der Waals surface area (Å²) in [4.78, 5) is 13.2. The van der Waals surface area contributed by atoms with Gasteiger partial charge in [-0.3, -0.25) is 4.57 Å². The number of hydrogen-bond donors (Lipinski definition) is 0. The molecule has 0 amide bonds. The van der Waals surface area contributed by atoms with E-state index in [4.69, 9.17) is 35.3 Å². The summed E-state index contributed by atoms with van der Waals surface area (Å²) < 4.78 is 35.8. The molecule has 50 heavy (non-hydrogen) atoms. The monoisotopic (exact) mass is 690 g/mol. The van der Waals surface area contributed by atoms with Gasteiger partial charge in [-0.05, 0) is 22.3 Å². The summed E-state index contributed by atoms with van der Waals surface area (Å²) in [5.41, 5.74) is 5.25. The molecule has 1 fully saturated rings. The van der Waals surface area contributed by atoms with Gasteiger partial charge >= 0.3 is 0 Å². The second-order valence-corrected chi connectivity index (χ2v) is 12.6. The van der Waals surface area contributed by atoms with Gasteiger partial charge in [0.1, 0.15) is 36.4 Å². The van der Waals surface area contributed by atoms with Gasteiger partial charge < -0.3 is 23.7 Å². The normalized spacial score (nSPS) is 20.9. The maximum atomic E-state index is 7.02. The Morgan fingerprint density at radius 1 is 0.620 bits per heavy atom. The van der Waals surface area contributed by atoms with E-state index < -0.39 is 30.6 Å². The molecule has 3 heterocycles. The summed E-state index contributed by atoms with van der Waals surface area (Å²) in [5, 5.41) is 0.273. The van der Waals surface area contributed by atoms with Crippen LogP contribution in [0.4, 0.5) is 0 Å². The summed E-state index contributed by atoms with van der Waals surface area (Å²) in [5.74, 6) is 0. The third-order valence-corrected chi connectivity index (χ3v) is 8.99. The topological polar surface area (TPSA) is 89.8 Å². The van der Waals surface area contributed by atoms with E-state index in [1.165, 1.54) is 6.33 Å². The van der Waals surface area contributed by atoms with Crippen LogP contribution in [0.3, 0.4) is 0 Å². The fourth-order valence-corrected chi connectivity index (χ4v) is 6.36. The van der Waals surface area contributed by atoms with Crippen LogP contribution >= 0.6 is 11.6 Å². The minimum absolute atomic E-state index is 0.240. The first-order valence-corrected chi connectivity index (χ1v) is 17.2. The number of aromatic nitrogens is 4. The van der Waals surface area contributed by atoms with Crippen molar-refractivity contribution < 1.29 is 23.7 Å². The number of fused-ring (bicyclic) bond motifs is 1. The van der Waals surface area contributed by atoms with Gasteiger partial charge in [-0.25, -0.2) is 15.0 Å². The molecule has 0 bridgehead atoms. The van der Waals surface area contributed by atoms with Crippen LogP contribution in [0.25, 0.3) is 11.2 Å². The van der Waals surface area contributed by atoms with Gasteiger partial charge in [0.25, 0.3) is 0 Å². The van der Waals surface area contributed by atoms with Crippen LogP contribution < -0.4 is 0 Å². The summed E-state index contributed by atoms with van der Waals surface area (Å²) in [7, 11) is 0. The lowest BCUT2D eigenvalue weighted by Gasteiger charge is -2.34. The summed E-state index contributed by atoms with van der Waals surface area (Å²) in [6.07, 6.45) is 0.842. The zero-order valence-electron chi connectivity index (χ0n) is 27.5. The van der Waals surface area contributed by atoms with Gasteiger partial charge in [0, 0.05) is 6.42 Å². The van der Waals surface area contributed by atoms with E-state index in [-0.39, 0.29) is 11.8 Å². The zero-order chi connectivity index (χ0) is 34.0. The van der Waals surface area contributed by atoms with E-state index >= 15 is 0 Å². The third-order valence-electron chi connectivity index (χ3n) is 8.72. The number of halogens is 1. The highest BCUT2D eigenvalue weighted by molar-refractivity contribution is 6.33. The molecule has 1 aliphatic heterocycles. The van der Waals surface area contributed by atoms with Crippen LogP contribution in [0.2, 0.25) is 5.15 Å². The highest BCUT2D eigenvalue weighted by Crippen LogP contribution is 2.35. The number of imidazole rings is 1. The largest absolute Gasteiger partial charge is 0.374 e. The van der Waals surface area contributed by atoms with Crippen molar-refractivity contribution in [3.05, 3.63) is 161 Å². The van der Waals surface area contributed by atoms with Crippen molar-refractivity contribution in [3.63, 3.8) is 0 Å². The molecule has 10 heteroatoms. The summed E-state index contributed by atoms with van der Waals surface area (Å²) >= 11 is 6.44. The molecule has 0 aliphatic carbocycles. The zero-order valence-corrected chi connectivity index (χ0v) is 28.3. The van der Waals surface area contributed by atoms with Crippen molar-refractivity contribution in [1.29, 1.82) is 0 Å². The van der Waals surface area contributed by atoms with E-state index in [1.54, 1.807) is 6.33 Å². The first-order valence-electron chi connectivity index (χ1n) is 16.8. The molecule has 0 N–H and O–H groups in total. The van der Waals surface area contributed by atoms with Crippen LogP contribution in [0.5, 0.6) is 0 Å². The first-order chi connectivity index (χ1) is 24.7. The van der Waals surface area contributed by atoms with Gasteiger partial charge in [0.15, 0.2) is 10.8 Å². The van der Waals surface area contributed by atoms with Crippen LogP contribution in [0.15, 0.2) is 134 Å². The minimum atomic E-state index is -0.575. The number of hydrogen-bond acceptors (Lipinski definition) is 8. The van der Waals surface area contributed by atoms with Crippen molar-refractivity contribution in [2.45, 2.75) is 63.5 Å². The highest BCUT2D eigenvalue weighted by atomic mass is 35.5. The summed E-state index contributed by atoms with van der Waals surface area (Å²) in [6, 6.07) is 40.4. The van der Waals surface area contributed by atoms with E-state index in [1.807, 2.05) is 102 Å². The highest BCUT2D eigenvalue weighted by Gasteiger charge is 2.44. The fourth-order valence-electron chi connectivity index (χ4n) is 6.18. The smallest absolute Gasteiger partial charge is 0.166 e. The number of rotatable bonds is 14. The molecule has 256 valence electrons. The van der Waals surface area contributed by atoms with Gasteiger partial charge in [-0.2, -0.15) is 0 Å². The molecule has 5 atom stereocenters. The molecule has 0 spiro atoms. The Hall–Kier alpha value is -4.48. The van der Waals surface area contributed by atoms with Crippen molar-refractivity contribution in [2.24, 2.45) is 0 Å². The SMILES string of the molecule is Clc1ncnc2c1ncn2[C@H]1C[C@H](OCc2ccccc2)[C@H](OCc2ccccc2)[C@H](OCc2ccccc2)[C@@H](COCc2ccccc2)O1. The van der Waals surface area contributed by atoms with Crippen molar-refractivity contribution >= 4 is 22.8 Å². The van der Waals surface area contributed by atoms with Gasteiger partial charge in [-0.1, -0.05) is 133 Å². The quantitative estimate of drug-likeness (QED) is 0.107. The third kappa shape index (κ3) is 8.62. The predicted molar refractivity (Wildman–Crippen MR) is 190 cm³/mol. The number of ether oxygens (including phenoxy) is 5. The predicted octanol–water partition coefficient (Wildman–Crippen LogP) is 7.74. The molecule has 4 aromatic carbocycles. The second kappa shape index (κ2) is 17.0. The molecule has 1 aliphatic rings. The van der Waals surface area contributed by atoms with Crippen LogP contribution in [0.1, 0.15) is 34.9 Å². The molecule has 0 saturated carbocycles. The Balaban J connectivity index is 1.26. The lowest BCUT2D eigenvalue weighted by molar-refractivity contribution is -0.184. The lowest BCUT2D eigenvalue weighted by Crippen LogP contribution is -2.48. The second-order valence-electron chi connectivity index (χ2n) is 12.2. The van der Waals surface area contributed by atoms with Crippen LogP contribution in [-0.4, -0.2) is 50.5 Å². The van der Waals surface area contributed by atoms with Crippen molar-refractivity contribution in [2.75, 3.05) is 6.61 Å². The Morgan fingerprint density at radius 2 is 1.14 bits per heavy atom. The Kier molecular flexibility index (Phi) is 11.5. The lowest BCUT2D eigenvalue weighted by atomic mass is 10.0. The molecule has 9 nitrogen and oxygen atoms in total. The van der Waals surface area contributed by atoms with E-state index in [0.717, 1.165) is 22.3 Å². The molecule has 1 saturated heterocycles. The Labute approximate surface area is 296 Å². The molecule has 6 aromatic rings. The molecule has 0 unspecified atom stereocenters. The van der Waals surface area contributed by atoms with E-state index in [2.05, 4.69) is 39.2 Å². The average Bonchev–Trinajstić information content (AvgIpc) is 3.55. The van der Waals surface area contributed by atoms with E-state index in [9.17, 15) is 0 Å². The minimum Gasteiger partial charge on any atom is -0.374 e. The first kappa shape index (κ1) is 34.0. The molecule has 0 radical (unpaired) electrons. The fraction of sp³-hybridized carbons (Fsp3) is 0.275. The van der Waals surface area contributed by atoms with Gasteiger partial charge in [0.05, 0.1) is 45.5 Å². The molecular weight excluding hydrogens is 652 g/mol. The summed E-state index contributed by atoms with van der Waals surface area (Å²) in [6.45, 7) is 1.74. The number of benzene rings is 4. The van der Waals surface area contributed by atoms with Gasteiger partial charge in [-0.15, -0.1) is 0 Å². The van der Waals surface area contributed by atoms with Crippen LogP contribution in [0, 0.1) is 0 Å². The Morgan fingerprint density at radius 3 is 1.72 bits per heavy atom. The average molecular weight is 691 g/mol. The van der Waals surface area contributed by atoms with Crippen molar-refractivity contribution in [3.8, 4) is 0 Å².